The second kappa shape index (κ2) is 7.88. The quantitative estimate of drug-likeness (QED) is 0.805. The van der Waals surface area contributed by atoms with Crippen LogP contribution in [0.4, 0.5) is 0 Å². The number of carbonyl (C=O) groups excluding carboxylic acids is 1. The van der Waals surface area contributed by atoms with Gasteiger partial charge in [0.1, 0.15) is 0 Å². The molecule has 1 saturated carbocycles. The van der Waals surface area contributed by atoms with Gasteiger partial charge < -0.3 is 20.1 Å². The molecule has 0 aliphatic heterocycles. The molecule has 1 aliphatic carbocycles. The van der Waals surface area contributed by atoms with Crippen LogP contribution in [0.1, 0.15) is 31.2 Å². The summed E-state index contributed by atoms with van der Waals surface area (Å²) >= 11 is 0. The summed E-state index contributed by atoms with van der Waals surface area (Å²) in [7, 11) is 3.39. The van der Waals surface area contributed by atoms with Gasteiger partial charge in [-0.15, -0.1) is 0 Å². The second-order valence-electron chi connectivity index (χ2n) is 5.28. The van der Waals surface area contributed by atoms with Crippen LogP contribution < -0.4 is 20.1 Å². The molecule has 5 nitrogen and oxygen atoms in total. The summed E-state index contributed by atoms with van der Waals surface area (Å²) in [6.07, 6.45) is 4.86. The van der Waals surface area contributed by atoms with Gasteiger partial charge in [-0.3, -0.25) is 4.79 Å². The number of hydrogen-bond donors (Lipinski definition) is 2. The van der Waals surface area contributed by atoms with Gasteiger partial charge in [0.25, 0.3) is 0 Å². The number of carbonyl (C=O) groups is 1. The average Bonchev–Trinajstić information content (AvgIpc) is 2.99. The Morgan fingerprint density at radius 1 is 1.33 bits per heavy atom. The van der Waals surface area contributed by atoms with Gasteiger partial charge in [-0.1, -0.05) is 12.1 Å². The zero-order valence-electron chi connectivity index (χ0n) is 12.8. The molecule has 0 bridgehead atoms. The molecule has 0 heterocycles. The molecular formula is C16H24N2O3. The molecule has 1 fully saturated rings. The van der Waals surface area contributed by atoms with E-state index in [2.05, 4.69) is 10.6 Å². The number of likely N-dealkylation sites (N-methyl/N-ethyl adjacent to an activating group) is 1. The number of para-hydroxylation sites is 1. The van der Waals surface area contributed by atoms with Crippen molar-refractivity contribution in [3.8, 4) is 11.5 Å². The van der Waals surface area contributed by atoms with E-state index in [-0.39, 0.29) is 12.0 Å². The number of rotatable bonds is 7. The minimum absolute atomic E-state index is 0.0351. The monoisotopic (exact) mass is 292 g/mol. The van der Waals surface area contributed by atoms with Crippen LogP contribution in [0.2, 0.25) is 0 Å². The van der Waals surface area contributed by atoms with Crippen molar-refractivity contribution in [1.82, 2.24) is 10.6 Å². The SMILES string of the molecule is CNCC(=O)NCc1cccc(OC)c1OC1CCCC1. The first kappa shape index (κ1) is 15.6. The minimum atomic E-state index is -0.0351. The van der Waals surface area contributed by atoms with Crippen LogP contribution >= 0.6 is 0 Å². The fraction of sp³-hybridized carbons (Fsp3) is 0.562. The van der Waals surface area contributed by atoms with Gasteiger partial charge in [-0.2, -0.15) is 0 Å². The van der Waals surface area contributed by atoms with Gasteiger partial charge in [0.15, 0.2) is 11.5 Å². The molecule has 116 valence electrons. The van der Waals surface area contributed by atoms with E-state index in [1.54, 1.807) is 14.2 Å². The topological polar surface area (TPSA) is 59.6 Å². The minimum Gasteiger partial charge on any atom is -0.493 e. The van der Waals surface area contributed by atoms with Gasteiger partial charge in [0.2, 0.25) is 5.91 Å². The second-order valence-corrected chi connectivity index (χ2v) is 5.28. The third kappa shape index (κ3) is 4.36. The summed E-state index contributed by atoms with van der Waals surface area (Å²) in [6.45, 7) is 0.753. The van der Waals surface area contributed by atoms with E-state index in [4.69, 9.17) is 9.47 Å². The van der Waals surface area contributed by atoms with Crippen LogP contribution in [0.3, 0.4) is 0 Å². The summed E-state index contributed by atoms with van der Waals surface area (Å²) in [4.78, 5) is 11.6. The number of ether oxygens (including phenoxy) is 2. The molecule has 0 atom stereocenters. The Balaban J connectivity index is 2.09. The van der Waals surface area contributed by atoms with E-state index in [1.165, 1.54) is 12.8 Å². The highest BCUT2D eigenvalue weighted by molar-refractivity contribution is 5.78. The molecule has 2 rings (SSSR count). The number of amides is 1. The maximum Gasteiger partial charge on any atom is 0.234 e. The Hall–Kier alpha value is -1.75. The molecule has 1 amide bonds. The number of hydrogen-bond acceptors (Lipinski definition) is 4. The van der Waals surface area contributed by atoms with Crippen molar-refractivity contribution in [1.29, 1.82) is 0 Å². The largest absolute Gasteiger partial charge is 0.493 e. The zero-order chi connectivity index (χ0) is 15.1. The summed E-state index contributed by atoms with van der Waals surface area (Å²) in [5.74, 6) is 1.45. The molecule has 0 spiro atoms. The lowest BCUT2D eigenvalue weighted by molar-refractivity contribution is -0.120. The molecule has 0 unspecified atom stereocenters. The lowest BCUT2D eigenvalue weighted by Gasteiger charge is -2.19. The highest BCUT2D eigenvalue weighted by Gasteiger charge is 2.20. The third-order valence-electron chi connectivity index (χ3n) is 3.68. The van der Waals surface area contributed by atoms with E-state index in [0.717, 1.165) is 29.9 Å². The first-order valence-electron chi connectivity index (χ1n) is 7.48. The summed E-state index contributed by atoms with van der Waals surface area (Å²) in [5, 5.41) is 5.71. The Morgan fingerprint density at radius 3 is 2.76 bits per heavy atom. The molecule has 21 heavy (non-hydrogen) atoms. The van der Waals surface area contributed by atoms with Crippen LogP contribution in [-0.4, -0.2) is 32.7 Å². The molecule has 0 radical (unpaired) electrons. The molecule has 1 aromatic rings. The Labute approximate surface area is 126 Å². The Bertz CT molecular complexity index is 471. The smallest absolute Gasteiger partial charge is 0.234 e. The molecule has 2 N–H and O–H groups in total. The Kier molecular flexibility index (Phi) is 5.87. The van der Waals surface area contributed by atoms with E-state index in [1.807, 2.05) is 18.2 Å². The maximum absolute atomic E-state index is 11.6. The normalized spacial score (nSPS) is 15.0. The highest BCUT2D eigenvalue weighted by atomic mass is 16.5. The standard InChI is InChI=1S/C16H24N2O3/c1-17-11-15(19)18-10-12-6-5-9-14(20-2)16(12)21-13-7-3-4-8-13/h5-6,9,13,17H,3-4,7-8,10-11H2,1-2H3,(H,18,19). The van der Waals surface area contributed by atoms with Gasteiger partial charge in [-0.25, -0.2) is 0 Å². The number of nitrogens with one attached hydrogen (secondary N) is 2. The third-order valence-corrected chi connectivity index (χ3v) is 3.68. The molecular weight excluding hydrogens is 268 g/mol. The Morgan fingerprint density at radius 2 is 2.10 bits per heavy atom. The van der Waals surface area contributed by atoms with Gasteiger partial charge >= 0.3 is 0 Å². The fourth-order valence-corrected chi connectivity index (χ4v) is 2.58. The molecule has 0 saturated heterocycles. The van der Waals surface area contributed by atoms with E-state index >= 15 is 0 Å². The van der Waals surface area contributed by atoms with Crippen LogP contribution in [0.5, 0.6) is 11.5 Å². The van der Waals surface area contributed by atoms with Gasteiger partial charge in [0.05, 0.1) is 19.8 Å². The first-order chi connectivity index (χ1) is 10.2. The maximum atomic E-state index is 11.6. The summed E-state index contributed by atoms with van der Waals surface area (Å²) in [6, 6.07) is 5.77. The molecule has 1 aliphatic rings. The van der Waals surface area contributed by atoms with Gasteiger partial charge in [0, 0.05) is 12.1 Å². The van der Waals surface area contributed by atoms with Crippen molar-refractivity contribution in [2.24, 2.45) is 0 Å². The van der Waals surface area contributed by atoms with Crippen molar-refractivity contribution >= 4 is 5.91 Å². The van der Waals surface area contributed by atoms with Crippen molar-refractivity contribution in [2.75, 3.05) is 20.7 Å². The first-order valence-corrected chi connectivity index (χ1v) is 7.48. The highest BCUT2D eigenvalue weighted by Crippen LogP contribution is 2.34. The molecule has 0 aromatic heterocycles. The van der Waals surface area contributed by atoms with Crippen molar-refractivity contribution in [3.63, 3.8) is 0 Å². The van der Waals surface area contributed by atoms with Crippen LogP contribution in [0.15, 0.2) is 18.2 Å². The van der Waals surface area contributed by atoms with Crippen molar-refractivity contribution in [2.45, 2.75) is 38.3 Å². The van der Waals surface area contributed by atoms with Crippen molar-refractivity contribution < 1.29 is 14.3 Å². The lowest BCUT2D eigenvalue weighted by Crippen LogP contribution is -2.31. The predicted molar refractivity (Wildman–Crippen MR) is 81.7 cm³/mol. The average molecular weight is 292 g/mol. The van der Waals surface area contributed by atoms with Crippen LogP contribution in [0, 0.1) is 0 Å². The van der Waals surface area contributed by atoms with E-state index in [9.17, 15) is 4.79 Å². The lowest BCUT2D eigenvalue weighted by atomic mass is 10.1. The number of benzene rings is 1. The van der Waals surface area contributed by atoms with Crippen LogP contribution in [-0.2, 0) is 11.3 Å². The van der Waals surface area contributed by atoms with E-state index < -0.39 is 0 Å². The predicted octanol–water partition coefficient (Wildman–Crippen LogP) is 1.85. The number of methoxy groups -OCH3 is 1. The van der Waals surface area contributed by atoms with Gasteiger partial charge in [-0.05, 0) is 38.8 Å². The molecule has 5 heteroatoms. The zero-order valence-corrected chi connectivity index (χ0v) is 12.8. The van der Waals surface area contributed by atoms with Crippen LogP contribution in [0.25, 0.3) is 0 Å². The summed E-state index contributed by atoms with van der Waals surface area (Å²) < 4.78 is 11.5. The van der Waals surface area contributed by atoms with E-state index in [0.29, 0.717) is 13.1 Å². The van der Waals surface area contributed by atoms with Crippen molar-refractivity contribution in [3.05, 3.63) is 23.8 Å². The summed E-state index contributed by atoms with van der Waals surface area (Å²) in [5.41, 5.74) is 0.950. The fourth-order valence-electron chi connectivity index (χ4n) is 2.58. The molecule has 1 aromatic carbocycles.